The second-order valence-electron chi connectivity index (χ2n) is 6.82. The van der Waals surface area contributed by atoms with Gasteiger partial charge in [-0.3, -0.25) is 9.69 Å². The number of hydrogen-bond acceptors (Lipinski definition) is 2. The molecule has 0 bridgehead atoms. The standard InChI is InChI=1S/C17H24BrNO2/c1-17(2,3)19(9-8-16(20)21)15-7-5-12-10-14(18)6-4-13(12)11-15/h4,6,10,15H,5,7-9,11H2,1-3H3,(H,20,21). The summed E-state index contributed by atoms with van der Waals surface area (Å²) in [4.78, 5) is 13.3. The first kappa shape index (κ1) is 16.5. The van der Waals surface area contributed by atoms with E-state index >= 15 is 0 Å². The number of aliphatic carboxylic acids is 1. The van der Waals surface area contributed by atoms with Crippen molar-refractivity contribution < 1.29 is 9.90 Å². The third-order valence-electron chi connectivity index (χ3n) is 4.24. The Balaban J connectivity index is 2.15. The molecular weight excluding hydrogens is 330 g/mol. The van der Waals surface area contributed by atoms with E-state index in [2.05, 4.69) is 59.8 Å². The maximum absolute atomic E-state index is 10.9. The molecule has 1 unspecified atom stereocenters. The summed E-state index contributed by atoms with van der Waals surface area (Å²) in [5.41, 5.74) is 2.82. The summed E-state index contributed by atoms with van der Waals surface area (Å²) in [6, 6.07) is 6.94. The fourth-order valence-corrected chi connectivity index (χ4v) is 3.66. The molecule has 0 saturated heterocycles. The van der Waals surface area contributed by atoms with Gasteiger partial charge in [0, 0.05) is 22.6 Å². The van der Waals surface area contributed by atoms with Gasteiger partial charge in [-0.2, -0.15) is 0 Å². The van der Waals surface area contributed by atoms with Crippen molar-refractivity contribution in [3.8, 4) is 0 Å². The molecule has 1 aromatic rings. The molecule has 1 N–H and O–H groups in total. The largest absolute Gasteiger partial charge is 0.481 e. The molecule has 0 radical (unpaired) electrons. The van der Waals surface area contributed by atoms with Crippen molar-refractivity contribution in [1.82, 2.24) is 4.90 Å². The Hall–Kier alpha value is -0.870. The highest BCUT2D eigenvalue weighted by atomic mass is 79.9. The molecule has 1 aliphatic carbocycles. The van der Waals surface area contributed by atoms with Crippen LogP contribution >= 0.6 is 15.9 Å². The average molecular weight is 354 g/mol. The maximum atomic E-state index is 10.9. The Bertz CT molecular complexity index is 522. The average Bonchev–Trinajstić information content (AvgIpc) is 2.37. The number of fused-ring (bicyclic) bond motifs is 1. The van der Waals surface area contributed by atoms with Gasteiger partial charge in [0.05, 0.1) is 6.42 Å². The van der Waals surface area contributed by atoms with Crippen molar-refractivity contribution in [2.24, 2.45) is 0 Å². The molecule has 0 saturated carbocycles. The third kappa shape index (κ3) is 4.30. The van der Waals surface area contributed by atoms with E-state index in [1.54, 1.807) is 0 Å². The number of benzene rings is 1. The van der Waals surface area contributed by atoms with Crippen molar-refractivity contribution in [2.45, 2.75) is 58.0 Å². The SMILES string of the molecule is CC(C)(C)N(CCC(=O)O)C1CCc2cc(Br)ccc2C1. The van der Waals surface area contributed by atoms with Gasteiger partial charge < -0.3 is 5.11 Å². The van der Waals surface area contributed by atoms with Crippen LogP contribution in [-0.2, 0) is 17.6 Å². The Kier molecular flexibility index (Phi) is 5.10. The summed E-state index contributed by atoms with van der Waals surface area (Å²) in [7, 11) is 0. The fourth-order valence-electron chi connectivity index (χ4n) is 3.25. The molecule has 0 aliphatic heterocycles. The monoisotopic (exact) mass is 353 g/mol. The number of carboxylic acids is 1. The first-order valence-corrected chi connectivity index (χ1v) is 8.32. The number of carbonyl (C=O) groups is 1. The van der Waals surface area contributed by atoms with Gasteiger partial charge in [-0.25, -0.2) is 0 Å². The van der Waals surface area contributed by atoms with E-state index in [1.807, 2.05) is 0 Å². The van der Waals surface area contributed by atoms with Gasteiger partial charge in [-0.1, -0.05) is 22.0 Å². The predicted molar refractivity (Wildman–Crippen MR) is 88.7 cm³/mol. The number of nitrogens with zero attached hydrogens (tertiary/aromatic N) is 1. The number of carboxylic acid groups (broad SMARTS) is 1. The van der Waals surface area contributed by atoms with E-state index in [4.69, 9.17) is 5.11 Å². The molecule has 21 heavy (non-hydrogen) atoms. The lowest BCUT2D eigenvalue weighted by Crippen LogP contribution is -2.51. The zero-order valence-corrected chi connectivity index (χ0v) is 14.6. The van der Waals surface area contributed by atoms with Crippen LogP contribution in [0.3, 0.4) is 0 Å². The van der Waals surface area contributed by atoms with Crippen molar-refractivity contribution in [3.05, 3.63) is 33.8 Å². The van der Waals surface area contributed by atoms with Crippen LogP contribution in [0.4, 0.5) is 0 Å². The zero-order chi connectivity index (χ0) is 15.6. The Morgan fingerprint density at radius 3 is 2.71 bits per heavy atom. The quantitative estimate of drug-likeness (QED) is 0.892. The first-order chi connectivity index (χ1) is 9.77. The van der Waals surface area contributed by atoms with Gasteiger partial charge in [0.15, 0.2) is 0 Å². The smallest absolute Gasteiger partial charge is 0.304 e. The zero-order valence-electron chi connectivity index (χ0n) is 13.0. The van der Waals surface area contributed by atoms with Gasteiger partial charge in [-0.15, -0.1) is 0 Å². The van der Waals surface area contributed by atoms with Gasteiger partial charge in [0.2, 0.25) is 0 Å². The lowest BCUT2D eigenvalue weighted by atomic mass is 9.85. The topological polar surface area (TPSA) is 40.5 Å². The molecule has 116 valence electrons. The highest BCUT2D eigenvalue weighted by Crippen LogP contribution is 2.30. The number of halogens is 1. The minimum absolute atomic E-state index is 0.00696. The van der Waals surface area contributed by atoms with Crippen molar-refractivity contribution in [1.29, 1.82) is 0 Å². The van der Waals surface area contributed by atoms with E-state index in [-0.39, 0.29) is 12.0 Å². The molecule has 0 fully saturated rings. The Labute approximate surface area is 135 Å². The van der Waals surface area contributed by atoms with Gasteiger partial charge in [0.25, 0.3) is 0 Å². The highest BCUT2D eigenvalue weighted by molar-refractivity contribution is 9.10. The maximum Gasteiger partial charge on any atom is 0.304 e. The van der Waals surface area contributed by atoms with Crippen LogP contribution in [0.25, 0.3) is 0 Å². The lowest BCUT2D eigenvalue weighted by molar-refractivity contribution is -0.137. The van der Waals surface area contributed by atoms with E-state index in [9.17, 15) is 4.79 Å². The van der Waals surface area contributed by atoms with E-state index < -0.39 is 5.97 Å². The molecule has 0 aromatic heterocycles. The molecule has 0 heterocycles. The van der Waals surface area contributed by atoms with Crippen LogP contribution in [0.5, 0.6) is 0 Å². The molecule has 3 nitrogen and oxygen atoms in total. The van der Waals surface area contributed by atoms with Crippen LogP contribution < -0.4 is 0 Å². The molecule has 0 amide bonds. The van der Waals surface area contributed by atoms with Crippen LogP contribution in [0.2, 0.25) is 0 Å². The van der Waals surface area contributed by atoms with Crippen LogP contribution in [-0.4, -0.2) is 34.1 Å². The van der Waals surface area contributed by atoms with Crippen LogP contribution in [0, 0.1) is 0 Å². The molecular formula is C17H24BrNO2. The summed E-state index contributed by atoms with van der Waals surface area (Å²) in [6.45, 7) is 7.14. The van der Waals surface area contributed by atoms with E-state index in [0.29, 0.717) is 12.6 Å². The summed E-state index contributed by atoms with van der Waals surface area (Å²) < 4.78 is 1.14. The second kappa shape index (κ2) is 6.49. The predicted octanol–water partition coefficient (Wildman–Crippen LogP) is 3.88. The molecule has 4 heteroatoms. The second-order valence-corrected chi connectivity index (χ2v) is 7.73. The van der Waals surface area contributed by atoms with Crippen LogP contribution in [0.1, 0.15) is 44.7 Å². The third-order valence-corrected chi connectivity index (χ3v) is 4.73. The first-order valence-electron chi connectivity index (χ1n) is 7.53. The summed E-state index contributed by atoms with van der Waals surface area (Å²) in [6.07, 6.45) is 3.39. The summed E-state index contributed by atoms with van der Waals surface area (Å²) >= 11 is 3.53. The Morgan fingerprint density at radius 2 is 2.10 bits per heavy atom. The van der Waals surface area contributed by atoms with E-state index in [0.717, 1.165) is 23.7 Å². The minimum atomic E-state index is -0.718. The minimum Gasteiger partial charge on any atom is -0.481 e. The lowest BCUT2D eigenvalue weighted by Gasteiger charge is -2.43. The van der Waals surface area contributed by atoms with Crippen LogP contribution in [0.15, 0.2) is 22.7 Å². The fraction of sp³-hybridized carbons (Fsp3) is 0.588. The molecule has 2 rings (SSSR count). The number of rotatable bonds is 4. The van der Waals surface area contributed by atoms with Gasteiger partial charge in [-0.05, 0) is 63.3 Å². The summed E-state index contributed by atoms with van der Waals surface area (Å²) in [5, 5.41) is 8.98. The Morgan fingerprint density at radius 1 is 1.38 bits per heavy atom. The van der Waals surface area contributed by atoms with E-state index in [1.165, 1.54) is 11.1 Å². The molecule has 1 atom stereocenters. The van der Waals surface area contributed by atoms with Crippen molar-refractivity contribution >= 4 is 21.9 Å². The van der Waals surface area contributed by atoms with Gasteiger partial charge in [0.1, 0.15) is 0 Å². The molecule has 0 spiro atoms. The van der Waals surface area contributed by atoms with Crippen molar-refractivity contribution in [3.63, 3.8) is 0 Å². The normalized spacial score (nSPS) is 18.6. The number of aryl methyl sites for hydroxylation is 1. The molecule has 1 aromatic carbocycles. The highest BCUT2D eigenvalue weighted by Gasteiger charge is 2.31. The molecule has 1 aliphatic rings. The van der Waals surface area contributed by atoms with Crippen molar-refractivity contribution in [2.75, 3.05) is 6.54 Å². The summed E-state index contributed by atoms with van der Waals surface area (Å²) in [5.74, 6) is -0.718. The number of hydrogen-bond donors (Lipinski definition) is 1. The van der Waals surface area contributed by atoms with Gasteiger partial charge >= 0.3 is 5.97 Å².